The Balaban J connectivity index is 0.00000392. The first-order valence-electron chi connectivity index (χ1n) is 16.8. The van der Waals surface area contributed by atoms with E-state index in [0.29, 0.717) is 17.1 Å². The Kier molecular flexibility index (Phi) is 8.80. The van der Waals surface area contributed by atoms with Crippen molar-refractivity contribution in [1.82, 2.24) is 9.97 Å². The van der Waals surface area contributed by atoms with Crippen LogP contribution in [0.2, 0.25) is 0 Å². The maximum absolute atomic E-state index is 11.2. The van der Waals surface area contributed by atoms with Crippen molar-refractivity contribution in [3.8, 4) is 17.0 Å². The van der Waals surface area contributed by atoms with E-state index in [0.717, 1.165) is 50.8 Å². The predicted molar refractivity (Wildman–Crippen MR) is 201 cm³/mol. The third-order valence-corrected chi connectivity index (χ3v) is 9.65. The largest absolute Gasteiger partial charge is 0.506 e. The van der Waals surface area contributed by atoms with Crippen molar-refractivity contribution in [3.05, 3.63) is 162 Å². The summed E-state index contributed by atoms with van der Waals surface area (Å²) in [5, 5.41) is 12.1. The molecule has 0 unspecified atom stereocenters. The number of benzene rings is 5. The molecule has 0 atom stereocenters. The average Bonchev–Trinajstić information content (AvgIpc) is 3.13. The SMILES string of the molecule is CC(C)c1ccnc(N2c3[c-]c(-c4cc(N(c5ccccc5)c5ccccc5)c5cccc(O)c5n4)ccc3C(C)(C)c3ccccc32)c1.[Pt]. The van der Waals surface area contributed by atoms with Crippen LogP contribution < -0.4 is 9.80 Å². The molecule has 3 heterocycles. The van der Waals surface area contributed by atoms with Crippen molar-refractivity contribution in [3.63, 3.8) is 0 Å². The molecule has 0 spiro atoms. The second kappa shape index (κ2) is 13.2. The monoisotopic (exact) mass is 832 g/mol. The van der Waals surface area contributed by atoms with Gasteiger partial charge in [-0.1, -0.05) is 106 Å². The second-order valence-corrected chi connectivity index (χ2v) is 13.4. The van der Waals surface area contributed by atoms with Crippen molar-refractivity contribution in [1.29, 1.82) is 0 Å². The summed E-state index contributed by atoms with van der Waals surface area (Å²) in [5.74, 6) is 1.34. The van der Waals surface area contributed by atoms with Crippen LogP contribution in [0.5, 0.6) is 5.75 Å². The van der Waals surface area contributed by atoms with E-state index in [9.17, 15) is 5.11 Å². The molecule has 0 saturated carbocycles. The number of phenolic OH excluding ortho intramolecular Hbond substituents is 1. The summed E-state index contributed by atoms with van der Waals surface area (Å²) < 4.78 is 0. The van der Waals surface area contributed by atoms with Crippen LogP contribution in [-0.2, 0) is 26.5 Å². The molecule has 0 amide bonds. The minimum atomic E-state index is -0.273. The number of aromatic hydroxyl groups is 1. The Hall–Kier alpha value is -5.25. The van der Waals surface area contributed by atoms with Gasteiger partial charge in [0.15, 0.2) is 0 Å². The molecule has 0 aliphatic carbocycles. The molecule has 0 bridgehead atoms. The van der Waals surface area contributed by atoms with Gasteiger partial charge in [-0.25, -0.2) is 4.98 Å². The fourth-order valence-electron chi connectivity index (χ4n) is 7.05. The Morgan fingerprint density at radius 3 is 2.12 bits per heavy atom. The molecule has 1 aliphatic heterocycles. The normalized spacial score (nSPS) is 13.0. The van der Waals surface area contributed by atoms with E-state index in [1.54, 1.807) is 6.07 Å². The zero-order valence-corrected chi connectivity index (χ0v) is 30.7. The first-order chi connectivity index (χ1) is 23.8. The maximum Gasteiger partial charge on any atom is 0.140 e. The van der Waals surface area contributed by atoms with Gasteiger partial charge in [-0.2, -0.15) is 0 Å². The van der Waals surface area contributed by atoms with Gasteiger partial charge in [-0.3, -0.25) is 4.98 Å². The van der Waals surface area contributed by atoms with E-state index >= 15 is 0 Å². The molecule has 5 aromatic carbocycles. The molecule has 50 heavy (non-hydrogen) atoms. The number of nitrogens with zero attached hydrogens (tertiary/aromatic N) is 4. The van der Waals surface area contributed by atoms with E-state index < -0.39 is 0 Å². The Labute approximate surface area is 308 Å². The molecule has 6 heteroatoms. The minimum Gasteiger partial charge on any atom is -0.506 e. The maximum atomic E-state index is 11.2. The fraction of sp³-hybridized carbons (Fsp3) is 0.136. The van der Waals surface area contributed by atoms with Crippen LogP contribution in [0, 0.1) is 6.07 Å². The number of aromatic nitrogens is 2. The van der Waals surface area contributed by atoms with Crippen LogP contribution in [0.4, 0.5) is 34.3 Å². The molecule has 250 valence electrons. The van der Waals surface area contributed by atoms with Gasteiger partial charge in [0, 0.05) is 55.4 Å². The average molecular weight is 833 g/mol. The Morgan fingerprint density at radius 2 is 1.42 bits per heavy atom. The Morgan fingerprint density at radius 1 is 0.740 bits per heavy atom. The van der Waals surface area contributed by atoms with Gasteiger partial charge in [0.1, 0.15) is 17.1 Å². The first kappa shape index (κ1) is 33.3. The van der Waals surface area contributed by atoms with Gasteiger partial charge < -0.3 is 14.9 Å². The summed E-state index contributed by atoms with van der Waals surface area (Å²) >= 11 is 0. The molecule has 8 rings (SSSR count). The van der Waals surface area contributed by atoms with Gasteiger partial charge in [0.05, 0.1) is 0 Å². The molecule has 0 radical (unpaired) electrons. The van der Waals surface area contributed by atoms with Crippen LogP contribution in [0.1, 0.15) is 50.3 Å². The molecule has 2 aromatic heterocycles. The van der Waals surface area contributed by atoms with Gasteiger partial charge in [-0.15, -0.1) is 23.8 Å². The first-order valence-corrected chi connectivity index (χ1v) is 16.8. The van der Waals surface area contributed by atoms with Gasteiger partial charge in [0.25, 0.3) is 0 Å². The summed E-state index contributed by atoms with van der Waals surface area (Å²) in [6, 6.07) is 49.3. The molecule has 7 aromatic rings. The summed E-state index contributed by atoms with van der Waals surface area (Å²) in [6.07, 6.45) is 1.90. The number of hydrogen-bond acceptors (Lipinski definition) is 5. The van der Waals surface area contributed by atoms with E-state index in [2.05, 4.69) is 122 Å². The summed E-state index contributed by atoms with van der Waals surface area (Å²) in [6.45, 7) is 8.96. The Bertz CT molecular complexity index is 2280. The molecule has 5 nitrogen and oxygen atoms in total. The number of anilines is 6. The van der Waals surface area contributed by atoms with Crippen LogP contribution in [0.25, 0.3) is 22.2 Å². The van der Waals surface area contributed by atoms with Crippen LogP contribution >= 0.6 is 0 Å². The summed E-state index contributed by atoms with van der Waals surface area (Å²) in [5.41, 5.74) is 10.4. The van der Waals surface area contributed by atoms with Gasteiger partial charge in [-0.05, 0) is 82.4 Å². The zero-order valence-electron chi connectivity index (χ0n) is 28.4. The smallest absolute Gasteiger partial charge is 0.140 e. The van der Waals surface area contributed by atoms with Crippen molar-refractivity contribution in [2.45, 2.75) is 39.0 Å². The summed E-state index contributed by atoms with van der Waals surface area (Å²) in [4.78, 5) is 14.5. The van der Waals surface area contributed by atoms with E-state index in [-0.39, 0.29) is 32.2 Å². The summed E-state index contributed by atoms with van der Waals surface area (Å²) in [7, 11) is 0. The number of phenols is 1. The second-order valence-electron chi connectivity index (χ2n) is 13.4. The van der Waals surface area contributed by atoms with Crippen molar-refractivity contribution in [2.24, 2.45) is 0 Å². The van der Waals surface area contributed by atoms with E-state index in [1.165, 1.54) is 11.1 Å². The third-order valence-electron chi connectivity index (χ3n) is 9.65. The molecule has 0 fully saturated rings. The van der Waals surface area contributed by atoms with Crippen molar-refractivity contribution in [2.75, 3.05) is 9.80 Å². The van der Waals surface area contributed by atoms with Gasteiger partial charge >= 0.3 is 0 Å². The third kappa shape index (κ3) is 5.66. The van der Waals surface area contributed by atoms with Crippen LogP contribution in [0.3, 0.4) is 0 Å². The minimum absolute atomic E-state index is 0. The van der Waals surface area contributed by atoms with E-state index in [1.807, 2.05) is 54.7 Å². The molecule has 1 aliphatic rings. The zero-order chi connectivity index (χ0) is 33.7. The van der Waals surface area contributed by atoms with Crippen molar-refractivity contribution < 1.29 is 26.2 Å². The molecular weight excluding hydrogens is 796 g/mol. The number of rotatable bonds is 6. The molecular formula is C44H37N4OPt-. The number of pyridine rings is 2. The van der Waals surface area contributed by atoms with Gasteiger partial charge in [0.2, 0.25) is 0 Å². The number of para-hydroxylation sites is 4. The number of fused-ring (bicyclic) bond motifs is 3. The van der Waals surface area contributed by atoms with E-state index in [4.69, 9.17) is 9.97 Å². The standard InChI is InChI=1S/C44H37N4O.Pt/c1-29(2)30-24-25-45-42(27-30)48-38-20-12-11-19-35(38)44(3,4)36-23-22-31(26-40(36)48)37-28-39(34-18-13-21-41(49)43(34)46-37)47(32-14-7-5-8-15-32)33-16-9-6-10-17-33;/h5-25,27-29,49H,1-4H3;/q-1;. The molecule has 0 saturated heterocycles. The quantitative estimate of drug-likeness (QED) is 0.169. The fourth-order valence-corrected chi connectivity index (χ4v) is 7.05. The van der Waals surface area contributed by atoms with Crippen LogP contribution in [-0.4, -0.2) is 15.1 Å². The van der Waals surface area contributed by atoms with Crippen molar-refractivity contribution >= 4 is 45.2 Å². The van der Waals surface area contributed by atoms with Crippen LogP contribution in [0.15, 0.2) is 140 Å². The topological polar surface area (TPSA) is 52.5 Å². The molecule has 1 N–H and O–H groups in total. The number of hydrogen-bond donors (Lipinski definition) is 1. The predicted octanol–water partition coefficient (Wildman–Crippen LogP) is 11.5.